The first-order valence-corrected chi connectivity index (χ1v) is 8.60. The zero-order chi connectivity index (χ0) is 17.4. The van der Waals surface area contributed by atoms with Crippen LogP contribution < -0.4 is 10.6 Å². The van der Waals surface area contributed by atoms with Crippen molar-refractivity contribution in [3.8, 4) is 0 Å². The maximum absolute atomic E-state index is 12.4. The zero-order valence-corrected chi connectivity index (χ0v) is 15.2. The van der Waals surface area contributed by atoms with Gasteiger partial charge in [0, 0.05) is 23.3 Å². The van der Waals surface area contributed by atoms with Crippen molar-refractivity contribution in [2.24, 2.45) is 7.05 Å². The van der Waals surface area contributed by atoms with Crippen LogP contribution in [0.25, 0.3) is 0 Å². The van der Waals surface area contributed by atoms with Gasteiger partial charge in [0.2, 0.25) is 0 Å². The minimum absolute atomic E-state index is 0.0422. The molecule has 1 aromatic carbocycles. The maximum atomic E-state index is 12.4. The van der Waals surface area contributed by atoms with Crippen LogP contribution in [0.5, 0.6) is 0 Å². The van der Waals surface area contributed by atoms with E-state index in [0.29, 0.717) is 0 Å². The van der Waals surface area contributed by atoms with Crippen molar-refractivity contribution < 1.29 is 4.79 Å². The van der Waals surface area contributed by atoms with Crippen molar-refractivity contribution in [1.82, 2.24) is 20.4 Å². The van der Waals surface area contributed by atoms with E-state index in [9.17, 15) is 4.79 Å². The molecule has 2 atom stereocenters. The molecule has 0 fully saturated rings. The number of hydrogen-bond acceptors (Lipinski definition) is 2. The van der Waals surface area contributed by atoms with Crippen LogP contribution in [-0.2, 0) is 13.5 Å². The molecule has 1 aliphatic carbocycles. The predicted molar refractivity (Wildman–Crippen MR) is 95.3 cm³/mol. The average molecular weight is 347 g/mol. The summed E-state index contributed by atoms with van der Waals surface area (Å²) in [5, 5.41) is 11.3. The van der Waals surface area contributed by atoms with Gasteiger partial charge in [-0.1, -0.05) is 17.7 Å². The summed E-state index contributed by atoms with van der Waals surface area (Å²) in [6.07, 6.45) is 1.85. The summed E-state index contributed by atoms with van der Waals surface area (Å²) < 4.78 is 1.84. The Morgan fingerprint density at radius 3 is 2.83 bits per heavy atom. The molecule has 24 heavy (non-hydrogen) atoms. The van der Waals surface area contributed by atoms with Gasteiger partial charge in [-0.3, -0.25) is 4.68 Å². The molecule has 0 saturated heterocycles. The Morgan fingerprint density at radius 1 is 1.42 bits per heavy atom. The Labute approximate surface area is 147 Å². The Kier molecular flexibility index (Phi) is 4.54. The van der Waals surface area contributed by atoms with Gasteiger partial charge in [0.25, 0.3) is 0 Å². The van der Waals surface area contributed by atoms with Crippen LogP contribution in [0.3, 0.4) is 0 Å². The van der Waals surface area contributed by atoms with Gasteiger partial charge in [0.15, 0.2) is 0 Å². The highest BCUT2D eigenvalue weighted by Gasteiger charge is 2.25. The second-order valence-corrected chi connectivity index (χ2v) is 6.92. The fourth-order valence-electron chi connectivity index (χ4n) is 3.62. The van der Waals surface area contributed by atoms with Crippen LogP contribution in [0, 0.1) is 13.8 Å². The second-order valence-electron chi connectivity index (χ2n) is 6.48. The van der Waals surface area contributed by atoms with Gasteiger partial charge in [-0.25, -0.2) is 4.79 Å². The van der Waals surface area contributed by atoms with Crippen molar-refractivity contribution in [1.29, 1.82) is 0 Å². The molecule has 0 aliphatic heterocycles. The molecular weight excluding hydrogens is 324 g/mol. The SMILES string of the molecule is Cc1nn(C)c(C)c1[C@H](C)NC(=O)N[C@@H]1CCc2cc(Cl)ccc21. The van der Waals surface area contributed by atoms with Gasteiger partial charge in [0.1, 0.15) is 0 Å². The highest BCUT2D eigenvalue weighted by molar-refractivity contribution is 6.30. The summed E-state index contributed by atoms with van der Waals surface area (Å²) in [5.41, 5.74) is 5.48. The van der Waals surface area contributed by atoms with Crippen molar-refractivity contribution in [3.63, 3.8) is 0 Å². The molecule has 5 nitrogen and oxygen atoms in total. The molecule has 1 heterocycles. The van der Waals surface area contributed by atoms with Crippen molar-refractivity contribution in [2.75, 3.05) is 0 Å². The van der Waals surface area contributed by atoms with E-state index >= 15 is 0 Å². The highest BCUT2D eigenvalue weighted by Crippen LogP contribution is 2.32. The Hall–Kier alpha value is -2.01. The fourth-order valence-corrected chi connectivity index (χ4v) is 3.82. The number of halogens is 1. The smallest absolute Gasteiger partial charge is 0.315 e. The number of benzene rings is 1. The van der Waals surface area contributed by atoms with Gasteiger partial charge in [-0.05, 0) is 56.9 Å². The van der Waals surface area contributed by atoms with E-state index in [1.807, 2.05) is 50.7 Å². The fraction of sp³-hybridized carbons (Fsp3) is 0.444. The molecule has 3 rings (SSSR count). The quantitative estimate of drug-likeness (QED) is 0.889. The van der Waals surface area contributed by atoms with Gasteiger partial charge in [-0.2, -0.15) is 5.10 Å². The van der Waals surface area contributed by atoms with Gasteiger partial charge >= 0.3 is 6.03 Å². The number of carbonyl (C=O) groups is 1. The number of fused-ring (bicyclic) bond motifs is 1. The average Bonchev–Trinajstić information content (AvgIpc) is 2.99. The highest BCUT2D eigenvalue weighted by atomic mass is 35.5. The minimum atomic E-state index is -0.155. The molecule has 0 saturated carbocycles. The normalized spacial score (nSPS) is 17.5. The summed E-state index contributed by atoms with van der Waals surface area (Å²) in [5.74, 6) is 0. The molecule has 0 spiro atoms. The third-order valence-electron chi connectivity index (χ3n) is 4.83. The lowest BCUT2D eigenvalue weighted by atomic mass is 10.1. The van der Waals surface area contributed by atoms with Crippen molar-refractivity contribution in [3.05, 3.63) is 51.3 Å². The van der Waals surface area contributed by atoms with E-state index in [2.05, 4.69) is 15.7 Å². The molecule has 1 aliphatic rings. The third kappa shape index (κ3) is 3.13. The van der Waals surface area contributed by atoms with E-state index in [-0.39, 0.29) is 18.1 Å². The number of rotatable bonds is 3. The lowest BCUT2D eigenvalue weighted by Crippen LogP contribution is -2.38. The van der Waals surface area contributed by atoms with E-state index in [4.69, 9.17) is 11.6 Å². The second kappa shape index (κ2) is 6.48. The number of amides is 2. The Balaban J connectivity index is 1.67. The largest absolute Gasteiger partial charge is 0.331 e. The van der Waals surface area contributed by atoms with Crippen LogP contribution in [0.4, 0.5) is 4.79 Å². The first kappa shape index (κ1) is 16.8. The molecule has 0 unspecified atom stereocenters. The first-order valence-electron chi connectivity index (χ1n) is 8.22. The number of aromatic nitrogens is 2. The van der Waals surface area contributed by atoms with Crippen LogP contribution in [0.1, 0.15) is 53.5 Å². The summed E-state index contributed by atoms with van der Waals surface area (Å²) in [6.45, 7) is 5.97. The lowest BCUT2D eigenvalue weighted by molar-refractivity contribution is 0.234. The number of nitrogens with zero attached hydrogens (tertiary/aromatic N) is 2. The van der Waals surface area contributed by atoms with E-state index < -0.39 is 0 Å². The number of carbonyl (C=O) groups excluding carboxylic acids is 1. The van der Waals surface area contributed by atoms with Gasteiger partial charge in [-0.15, -0.1) is 0 Å². The van der Waals surface area contributed by atoms with Crippen molar-refractivity contribution in [2.45, 2.75) is 45.7 Å². The van der Waals surface area contributed by atoms with Crippen LogP contribution >= 0.6 is 11.6 Å². The van der Waals surface area contributed by atoms with Crippen LogP contribution in [0.15, 0.2) is 18.2 Å². The first-order chi connectivity index (χ1) is 11.4. The third-order valence-corrected chi connectivity index (χ3v) is 5.07. The molecule has 128 valence electrons. The summed E-state index contributed by atoms with van der Waals surface area (Å²) >= 11 is 6.04. The van der Waals surface area contributed by atoms with E-state index in [1.54, 1.807) is 0 Å². The van der Waals surface area contributed by atoms with E-state index in [1.165, 1.54) is 5.56 Å². The maximum Gasteiger partial charge on any atom is 0.315 e. The molecule has 2 N–H and O–H groups in total. The Bertz CT molecular complexity index is 784. The topological polar surface area (TPSA) is 59.0 Å². The molecule has 2 amide bonds. The molecule has 0 radical (unpaired) electrons. The number of urea groups is 1. The van der Waals surface area contributed by atoms with E-state index in [0.717, 1.165) is 40.4 Å². The minimum Gasteiger partial charge on any atom is -0.331 e. The summed E-state index contributed by atoms with van der Waals surface area (Å²) in [6, 6.07) is 5.67. The standard InChI is InChI=1S/C18H23ClN4O/c1-10(17-11(2)22-23(4)12(17)3)20-18(24)21-16-8-5-13-9-14(19)6-7-15(13)16/h6-7,9-10,16H,5,8H2,1-4H3,(H2,20,21,24)/t10-,16+/m0/s1. The zero-order valence-electron chi connectivity index (χ0n) is 14.5. The monoisotopic (exact) mass is 346 g/mol. The van der Waals surface area contributed by atoms with Gasteiger partial charge < -0.3 is 10.6 Å². The van der Waals surface area contributed by atoms with Crippen LogP contribution in [0.2, 0.25) is 5.02 Å². The Morgan fingerprint density at radius 2 is 2.17 bits per heavy atom. The molecule has 1 aromatic heterocycles. The number of aryl methyl sites for hydroxylation is 3. The molecular formula is C18H23ClN4O. The molecule has 2 aromatic rings. The van der Waals surface area contributed by atoms with Crippen molar-refractivity contribution >= 4 is 17.6 Å². The van der Waals surface area contributed by atoms with Crippen LogP contribution in [-0.4, -0.2) is 15.8 Å². The predicted octanol–water partition coefficient (Wildman–Crippen LogP) is 3.74. The lowest BCUT2D eigenvalue weighted by Gasteiger charge is -2.19. The summed E-state index contributed by atoms with van der Waals surface area (Å²) in [7, 11) is 1.92. The van der Waals surface area contributed by atoms with Gasteiger partial charge in [0.05, 0.1) is 17.8 Å². The number of nitrogens with one attached hydrogen (secondary N) is 2. The molecule has 6 heteroatoms. The summed E-state index contributed by atoms with van der Waals surface area (Å²) in [4.78, 5) is 12.4. The number of hydrogen-bond donors (Lipinski definition) is 2. The molecule has 0 bridgehead atoms.